The molecule has 0 aliphatic heterocycles. The van der Waals surface area contributed by atoms with Crippen molar-refractivity contribution in [1.29, 1.82) is 0 Å². The van der Waals surface area contributed by atoms with E-state index in [1.165, 1.54) is 0 Å². The SMILES string of the molecule is CCC(=O)Nc1cccc(NC(=S)NC(=O)c2ccc(OCC(C)C)c(Br)c2)c1. The van der Waals surface area contributed by atoms with Crippen molar-refractivity contribution in [3.05, 3.63) is 52.5 Å². The Morgan fingerprint density at radius 2 is 1.79 bits per heavy atom. The van der Waals surface area contributed by atoms with E-state index in [1.807, 2.05) is 0 Å². The van der Waals surface area contributed by atoms with Crippen LogP contribution in [0.4, 0.5) is 11.4 Å². The summed E-state index contributed by atoms with van der Waals surface area (Å²) in [5, 5.41) is 8.52. The van der Waals surface area contributed by atoms with E-state index in [0.717, 1.165) is 0 Å². The third kappa shape index (κ3) is 7.47. The molecule has 2 aromatic rings. The highest BCUT2D eigenvalue weighted by Crippen LogP contribution is 2.26. The van der Waals surface area contributed by atoms with Crippen LogP contribution in [-0.4, -0.2) is 23.5 Å². The van der Waals surface area contributed by atoms with E-state index in [2.05, 4.69) is 45.7 Å². The first-order valence-electron chi connectivity index (χ1n) is 9.23. The topological polar surface area (TPSA) is 79.5 Å². The van der Waals surface area contributed by atoms with E-state index in [1.54, 1.807) is 49.4 Å². The van der Waals surface area contributed by atoms with Gasteiger partial charge < -0.3 is 15.4 Å². The molecule has 0 radical (unpaired) electrons. The van der Waals surface area contributed by atoms with Gasteiger partial charge in [0.05, 0.1) is 11.1 Å². The molecule has 0 fully saturated rings. The lowest BCUT2D eigenvalue weighted by Crippen LogP contribution is -2.34. The van der Waals surface area contributed by atoms with Gasteiger partial charge in [0.15, 0.2) is 5.11 Å². The third-order valence-electron chi connectivity index (χ3n) is 3.72. The smallest absolute Gasteiger partial charge is 0.257 e. The number of rotatable bonds is 7. The standard InChI is InChI=1S/C21H24BrN3O3S/c1-4-19(26)23-15-6-5-7-16(11-15)24-21(29)25-20(27)14-8-9-18(17(22)10-14)28-12-13(2)3/h5-11,13H,4,12H2,1-3H3,(H,23,26)(H2,24,25,27,29). The molecule has 6 nitrogen and oxygen atoms in total. The van der Waals surface area contributed by atoms with Crippen LogP contribution in [0.25, 0.3) is 0 Å². The van der Waals surface area contributed by atoms with Gasteiger partial charge >= 0.3 is 0 Å². The molecule has 2 rings (SSSR count). The molecule has 0 saturated heterocycles. The first-order chi connectivity index (χ1) is 13.8. The van der Waals surface area contributed by atoms with Crippen LogP contribution in [0.1, 0.15) is 37.6 Å². The van der Waals surface area contributed by atoms with Gasteiger partial charge in [-0.15, -0.1) is 0 Å². The van der Waals surface area contributed by atoms with E-state index in [4.69, 9.17) is 17.0 Å². The van der Waals surface area contributed by atoms with E-state index < -0.39 is 0 Å². The molecule has 2 amide bonds. The molecule has 0 heterocycles. The Morgan fingerprint density at radius 1 is 1.10 bits per heavy atom. The number of halogens is 1. The molecule has 0 unspecified atom stereocenters. The van der Waals surface area contributed by atoms with Gasteiger partial charge in [0.25, 0.3) is 5.91 Å². The van der Waals surface area contributed by atoms with Gasteiger partial charge in [-0.1, -0.05) is 26.8 Å². The number of anilines is 2. The van der Waals surface area contributed by atoms with Gasteiger partial charge in [-0.2, -0.15) is 0 Å². The van der Waals surface area contributed by atoms with Crippen LogP contribution in [0.15, 0.2) is 46.9 Å². The molecule has 0 bridgehead atoms. The largest absolute Gasteiger partial charge is 0.492 e. The number of carbonyl (C=O) groups excluding carboxylic acids is 2. The Bertz CT molecular complexity index is 902. The number of thiocarbonyl (C=S) groups is 1. The van der Waals surface area contributed by atoms with Gasteiger partial charge in [0.2, 0.25) is 5.91 Å². The maximum atomic E-state index is 12.5. The lowest BCUT2D eigenvalue weighted by Gasteiger charge is -2.13. The fourth-order valence-corrected chi connectivity index (χ4v) is 2.98. The fourth-order valence-electron chi connectivity index (χ4n) is 2.28. The predicted octanol–water partition coefficient (Wildman–Crippen LogP) is 4.96. The number of hydrogen-bond donors (Lipinski definition) is 3. The summed E-state index contributed by atoms with van der Waals surface area (Å²) in [4.78, 5) is 24.0. The summed E-state index contributed by atoms with van der Waals surface area (Å²) < 4.78 is 6.39. The number of nitrogens with one attached hydrogen (secondary N) is 3. The summed E-state index contributed by atoms with van der Waals surface area (Å²) in [6.45, 7) is 6.51. The summed E-state index contributed by atoms with van der Waals surface area (Å²) in [7, 11) is 0. The van der Waals surface area contributed by atoms with Crippen molar-refractivity contribution in [2.75, 3.05) is 17.2 Å². The summed E-state index contributed by atoms with van der Waals surface area (Å²) in [5.41, 5.74) is 1.75. The lowest BCUT2D eigenvalue weighted by molar-refractivity contribution is -0.115. The molecule has 0 spiro atoms. The average molecular weight is 478 g/mol. The number of hydrogen-bond acceptors (Lipinski definition) is 4. The van der Waals surface area contributed by atoms with E-state index >= 15 is 0 Å². The molecular formula is C21H24BrN3O3S. The number of ether oxygens (including phenoxy) is 1. The molecule has 8 heteroatoms. The second-order valence-electron chi connectivity index (χ2n) is 6.74. The van der Waals surface area contributed by atoms with Crippen LogP contribution in [-0.2, 0) is 4.79 Å². The van der Waals surface area contributed by atoms with Gasteiger partial charge in [-0.3, -0.25) is 14.9 Å². The number of amides is 2. The molecule has 154 valence electrons. The van der Waals surface area contributed by atoms with E-state index in [0.29, 0.717) is 46.1 Å². The highest BCUT2D eigenvalue weighted by molar-refractivity contribution is 9.10. The minimum Gasteiger partial charge on any atom is -0.492 e. The Kier molecular flexibility index (Phi) is 8.60. The van der Waals surface area contributed by atoms with Gasteiger partial charge in [-0.05, 0) is 70.5 Å². The van der Waals surface area contributed by atoms with E-state index in [-0.39, 0.29) is 16.9 Å². The predicted molar refractivity (Wildman–Crippen MR) is 124 cm³/mol. The van der Waals surface area contributed by atoms with Crippen molar-refractivity contribution < 1.29 is 14.3 Å². The van der Waals surface area contributed by atoms with Crippen molar-refractivity contribution in [3.63, 3.8) is 0 Å². The average Bonchev–Trinajstić information content (AvgIpc) is 2.66. The van der Waals surface area contributed by atoms with Crippen LogP contribution in [0, 0.1) is 5.92 Å². The van der Waals surface area contributed by atoms with Crippen molar-refractivity contribution >= 4 is 56.4 Å². The van der Waals surface area contributed by atoms with Crippen molar-refractivity contribution in [2.45, 2.75) is 27.2 Å². The minimum absolute atomic E-state index is 0.0792. The quantitative estimate of drug-likeness (QED) is 0.491. The summed E-state index contributed by atoms with van der Waals surface area (Å²) >= 11 is 8.66. The van der Waals surface area contributed by atoms with Crippen LogP contribution >= 0.6 is 28.1 Å². The second-order valence-corrected chi connectivity index (χ2v) is 8.00. The third-order valence-corrected chi connectivity index (χ3v) is 4.54. The molecule has 29 heavy (non-hydrogen) atoms. The molecule has 3 N–H and O–H groups in total. The molecule has 2 aromatic carbocycles. The highest BCUT2D eigenvalue weighted by atomic mass is 79.9. The molecule has 0 aliphatic carbocycles. The normalized spacial score (nSPS) is 10.4. The maximum Gasteiger partial charge on any atom is 0.257 e. The Hall–Kier alpha value is -2.45. The molecule has 0 aromatic heterocycles. The maximum absolute atomic E-state index is 12.5. The zero-order valence-electron chi connectivity index (χ0n) is 16.5. The molecule has 0 aliphatic rings. The summed E-state index contributed by atoms with van der Waals surface area (Å²) in [5.74, 6) is 0.669. The van der Waals surface area contributed by atoms with Crippen LogP contribution in [0.2, 0.25) is 0 Å². The zero-order chi connectivity index (χ0) is 21.4. The van der Waals surface area contributed by atoms with E-state index in [9.17, 15) is 9.59 Å². The van der Waals surface area contributed by atoms with Gasteiger partial charge in [0, 0.05) is 23.4 Å². The lowest BCUT2D eigenvalue weighted by atomic mass is 10.2. The summed E-state index contributed by atoms with van der Waals surface area (Å²) in [6, 6.07) is 12.2. The van der Waals surface area contributed by atoms with Crippen molar-refractivity contribution in [2.24, 2.45) is 5.92 Å². The molecule has 0 atom stereocenters. The Labute approximate surface area is 184 Å². The van der Waals surface area contributed by atoms with Crippen LogP contribution < -0.4 is 20.7 Å². The number of carbonyl (C=O) groups is 2. The Morgan fingerprint density at radius 3 is 2.41 bits per heavy atom. The monoisotopic (exact) mass is 477 g/mol. The summed E-state index contributed by atoms with van der Waals surface area (Å²) in [6.07, 6.45) is 0.392. The minimum atomic E-state index is -0.339. The van der Waals surface area contributed by atoms with Crippen molar-refractivity contribution in [1.82, 2.24) is 5.32 Å². The van der Waals surface area contributed by atoms with Crippen LogP contribution in [0.5, 0.6) is 5.75 Å². The highest BCUT2D eigenvalue weighted by Gasteiger charge is 2.12. The zero-order valence-corrected chi connectivity index (χ0v) is 18.9. The van der Waals surface area contributed by atoms with Crippen molar-refractivity contribution in [3.8, 4) is 5.75 Å². The van der Waals surface area contributed by atoms with Gasteiger partial charge in [0.1, 0.15) is 5.75 Å². The Balaban J connectivity index is 1.97. The number of benzene rings is 2. The van der Waals surface area contributed by atoms with Crippen LogP contribution in [0.3, 0.4) is 0 Å². The van der Waals surface area contributed by atoms with Gasteiger partial charge in [-0.25, -0.2) is 0 Å². The second kappa shape index (κ2) is 10.9. The molecular weight excluding hydrogens is 454 g/mol. The fraction of sp³-hybridized carbons (Fsp3) is 0.286. The first-order valence-corrected chi connectivity index (χ1v) is 10.4. The first kappa shape index (κ1) is 22.8. The molecule has 0 saturated carbocycles.